The monoisotopic (exact) mass is 480 g/mol. The molecule has 0 radical (unpaired) electrons. The van der Waals surface area contributed by atoms with Crippen LogP contribution in [0.1, 0.15) is 31.0 Å². The minimum atomic E-state index is -0.632. The highest BCUT2D eigenvalue weighted by Crippen LogP contribution is 2.31. The number of benzene rings is 2. The Morgan fingerprint density at radius 2 is 1.88 bits per heavy atom. The zero-order valence-corrected chi connectivity index (χ0v) is 20.5. The molecule has 3 aromatic rings. The van der Waals surface area contributed by atoms with Crippen LogP contribution in [0.2, 0.25) is 0 Å². The van der Waals surface area contributed by atoms with Crippen LogP contribution in [0, 0.1) is 0 Å². The van der Waals surface area contributed by atoms with E-state index in [1.807, 2.05) is 60.9 Å². The standard InChI is InChI=1S/C25H24N2O4S2/c1-5-31-24(29)21-15(2)26-25-27(22(21)17-8-10-18(30-3)11-9-17)23(28)20(33-25)14-16-6-12-19(32-4)13-7-16/h6-14,22H,5H2,1-4H3. The average Bonchev–Trinajstić information content (AvgIpc) is 3.13. The Morgan fingerprint density at radius 3 is 2.48 bits per heavy atom. The van der Waals surface area contributed by atoms with Crippen LogP contribution < -0.4 is 19.6 Å². The molecule has 0 spiro atoms. The molecule has 6 nitrogen and oxygen atoms in total. The van der Waals surface area contributed by atoms with Crippen molar-refractivity contribution in [1.29, 1.82) is 0 Å². The largest absolute Gasteiger partial charge is 0.497 e. The maximum atomic E-state index is 13.6. The fourth-order valence-electron chi connectivity index (χ4n) is 3.74. The molecule has 0 N–H and O–H groups in total. The van der Waals surface area contributed by atoms with Crippen molar-refractivity contribution in [2.45, 2.75) is 24.8 Å². The number of thiazole rings is 1. The Balaban J connectivity index is 1.90. The van der Waals surface area contributed by atoms with Crippen molar-refractivity contribution in [2.75, 3.05) is 20.0 Å². The molecule has 0 fully saturated rings. The maximum Gasteiger partial charge on any atom is 0.338 e. The summed E-state index contributed by atoms with van der Waals surface area (Å²) in [5.41, 5.74) is 2.44. The number of allylic oxidation sites excluding steroid dienone is 1. The highest BCUT2D eigenvalue weighted by molar-refractivity contribution is 7.98. The first-order chi connectivity index (χ1) is 16.0. The zero-order valence-electron chi connectivity index (χ0n) is 18.8. The Kier molecular flexibility index (Phi) is 6.85. The number of carbonyl (C=O) groups is 1. The van der Waals surface area contributed by atoms with Gasteiger partial charge in [-0.1, -0.05) is 35.6 Å². The Labute approximate surface area is 199 Å². The predicted octanol–water partition coefficient (Wildman–Crippen LogP) is 3.53. The van der Waals surface area contributed by atoms with E-state index in [-0.39, 0.29) is 12.2 Å². The fraction of sp³-hybridized carbons (Fsp3) is 0.240. The van der Waals surface area contributed by atoms with Crippen LogP contribution >= 0.6 is 23.1 Å². The van der Waals surface area contributed by atoms with E-state index < -0.39 is 12.0 Å². The summed E-state index contributed by atoms with van der Waals surface area (Å²) < 4.78 is 12.7. The quantitative estimate of drug-likeness (QED) is 0.399. The van der Waals surface area contributed by atoms with Gasteiger partial charge in [-0.15, -0.1) is 11.8 Å². The lowest BCUT2D eigenvalue weighted by Gasteiger charge is -2.24. The van der Waals surface area contributed by atoms with Crippen LogP contribution in [0.25, 0.3) is 6.08 Å². The number of hydrogen-bond donors (Lipinski definition) is 0. The first-order valence-corrected chi connectivity index (χ1v) is 12.5. The summed E-state index contributed by atoms with van der Waals surface area (Å²) >= 11 is 2.98. The number of thioether (sulfide) groups is 1. The smallest absolute Gasteiger partial charge is 0.338 e. The molecule has 0 saturated heterocycles. The summed E-state index contributed by atoms with van der Waals surface area (Å²) in [5.74, 6) is 0.222. The number of methoxy groups -OCH3 is 1. The van der Waals surface area contributed by atoms with Crippen LogP contribution in [0.15, 0.2) is 74.5 Å². The molecule has 170 valence electrons. The number of fused-ring (bicyclic) bond motifs is 1. The predicted molar refractivity (Wildman–Crippen MR) is 132 cm³/mol. The van der Waals surface area contributed by atoms with Gasteiger partial charge in [-0.05, 0) is 61.6 Å². The van der Waals surface area contributed by atoms with Crippen LogP contribution in [-0.2, 0) is 9.53 Å². The number of aromatic nitrogens is 1. The molecule has 1 aliphatic heterocycles. The van der Waals surface area contributed by atoms with Crippen LogP contribution in [0.5, 0.6) is 5.75 Å². The zero-order chi connectivity index (χ0) is 23.5. The molecule has 0 amide bonds. The first-order valence-electron chi connectivity index (χ1n) is 10.4. The summed E-state index contributed by atoms with van der Waals surface area (Å²) in [6, 6.07) is 14.7. The molecule has 1 aromatic heterocycles. The molecule has 0 bridgehead atoms. The summed E-state index contributed by atoms with van der Waals surface area (Å²) in [4.78, 5) is 32.8. The van der Waals surface area contributed by atoms with Crippen molar-refractivity contribution in [2.24, 2.45) is 4.99 Å². The van der Waals surface area contributed by atoms with E-state index >= 15 is 0 Å². The molecule has 0 saturated carbocycles. The van der Waals surface area contributed by atoms with Gasteiger partial charge < -0.3 is 9.47 Å². The molecule has 2 aromatic carbocycles. The maximum absolute atomic E-state index is 13.6. The van der Waals surface area contributed by atoms with Gasteiger partial charge in [0.1, 0.15) is 5.75 Å². The van der Waals surface area contributed by atoms with E-state index in [9.17, 15) is 9.59 Å². The van der Waals surface area contributed by atoms with E-state index in [1.54, 1.807) is 37.3 Å². The van der Waals surface area contributed by atoms with Crippen molar-refractivity contribution in [3.05, 3.63) is 90.6 Å². The van der Waals surface area contributed by atoms with E-state index in [1.165, 1.54) is 11.3 Å². The second-order valence-corrected chi connectivity index (χ2v) is 9.24. The van der Waals surface area contributed by atoms with Crippen molar-refractivity contribution in [3.63, 3.8) is 0 Å². The molecule has 8 heteroatoms. The van der Waals surface area contributed by atoms with E-state index in [2.05, 4.69) is 4.99 Å². The van der Waals surface area contributed by atoms with Gasteiger partial charge >= 0.3 is 5.97 Å². The second kappa shape index (κ2) is 9.80. The van der Waals surface area contributed by atoms with Gasteiger partial charge in [0.15, 0.2) is 4.80 Å². The molecule has 1 atom stereocenters. The summed E-state index contributed by atoms with van der Waals surface area (Å²) in [6.07, 6.45) is 3.89. The van der Waals surface area contributed by atoms with Gasteiger partial charge in [0, 0.05) is 4.90 Å². The lowest BCUT2D eigenvalue weighted by Crippen LogP contribution is -2.39. The molecule has 2 heterocycles. The first kappa shape index (κ1) is 23.1. The van der Waals surface area contributed by atoms with Crippen LogP contribution in [-0.4, -0.2) is 30.5 Å². The van der Waals surface area contributed by atoms with Gasteiger partial charge in [-0.3, -0.25) is 9.36 Å². The number of rotatable bonds is 6. The Morgan fingerprint density at radius 1 is 1.18 bits per heavy atom. The highest BCUT2D eigenvalue weighted by atomic mass is 32.2. The number of esters is 1. The summed E-state index contributed by atoms with van der Waals surface area (Å²) in [5, 5.41) is 0. The topological polar surface area (TPSA) is 69.9 Å². The molecular formula is C25H24N2O4S2. The number of nitrogens with zero attached hydrogens (tertiary/aromatic N) is 2. The average molecular weight is 481 g/mol. The third kappa shape index (κ3) is 4.54. The minimum absolute atomic E-state index is 0.192. The van der Waals surface area contributed by atoms with Crippen molar-refractivity contribution in [3.8, 4) is 5.75 Å². The fourth-order valence-corrected chi connectivity index (χ4v) is 5.20. The van der Waals surface area contributed by atoms with Crippen molar-refractivity contribution >= 4 is 35.1 Å². The molecule has 1 unspecified atom stereocenters. The van der Waals surface area contributed by atoms with Crippen LogP contribution in [0.4, 0.5) is 0 Å². The van der Waals surface area contributed by atoms with Gasteiger partial charge in [-0.25, -0.2) is 9.79 Å². The normalized spacial score (nSPS) is 15.8. The molecule has 1 aliphatic rings. The van der Waals surface area contributed by atoms with Gasteiger partial charge in [-0.2, -0.15) is 0 Å². The third-order valence-electron chi connectivity index (χ3n) is 5.36. The van der Waals surface area contributed by atoms with E-state index in [0.717, 1.165) is 16.0 Å². The molecular weight excluding hydrogens is 456 g/mol. The second-order valence-electron chi connectivity index (χ2n) is 7.35. The van der Waals surface area contributed by atoms with E-state index in [0.29, 0.717) is 26.4 Å². The molecule has 4 rings (SSSR count). The van der Waals surface area contributed by atoms with Gasteiger partial charge in [0.05, 0.1) is 35.6 Å². The van der Waals surface area contributed by atoms with Gasteiger partial charge in [0.2, 0.25) is 0 Å². The number of carbonyl (C=O) groups excluding carboxylic acids is 1. The third-order valence-corrected chi connectivity index (χ3v) is 7.09. The Bertz CT molecular complexity index is 1380. The van der Waals surface area contributed by atoms with Crippen molar-refractivity contribution in [1.82, 2.24) is 4.57 Å². The summed E-state index contributed by atoms with van der Waals surface area (Å²) in [7, 11) is 1.60. The van der Waals surface area contributed by atoms with Gasteiger partial charge in [0.25, 0.3) is 5.56 Å². The summed E-state index contributed by atoms with van der Waals surface area (Å²) in [6.45, 7) is 3.77. The highest BCUT2D eigenvalue weighted by Gasteiger charge is 2.33. The Hall–Kier alpha value is -3.10. The lowest BCUT2D eigenvalue weighted by atomic mass is 9.96. The number of ether oxygens (including phenoxy) is 2. The SMILES string of the molecule is CCOC(=O)C1=C(C)N=c2sc(=Cc3ccc(SC)cc3)c(=O)n2C1c1ccc(OC)cc1. The van der Waals surface area contributed by atoms with Crippen LogP contribution in [0.3, 0.4) is 0 Å². The molecule has 0 aliphatic carbocycles. The lowest BCUT2D eigenvalue weighted by molar-refractivity contribution is -0.139. The van der Waals surface area contributed by atoms with Crippen molar-refractivity contribution < 1.29 is 14.3 Å². The number of hydrogen-bond acceptors (Lipinski definition) is 7. The van der Waals surface area contributed by atoms with E-state index in [4.69, 9.17) is 9.47 Å². The molecule has 33 heavy (non-hydrogen) atoms. The minimum Gasteiger partial charge on any atom is -0.497 e.